The maximum absolute atomic E-state index is 13.0. The van der Waals surface area contributed by atoms with Crippen molar-refractivity contribution in [2.24, 2.45) is 5.92 Å². The highest BCUT2D eigenvalue weighted by Gasteiger charge is 2.29. The molecule has 1 aliphatic rings. The van der Waals surface area contributed by atoms with Crippen molar-refractivity contribution >= 4 is 17.6 Å². The molecule has 0 heterocycles. The molecular weight excluding hydrogens is 400 g/mol. The first kappa shape index (κ1) is 21.5. The van der Waals surface area contributed by atoms with Gasteiger partial charge in [0.25, 0.3) is 5.91 Å². The summed E-state index contributed by atoms with van der Waals surface area (Å²) in [7, 11) is 1.36. The van der Waals surface area contributed by atoms with E-state index in [4.69, 9.17) is 10.1 Å². The Balaban J connectivity index is 1.50. The highest BCUT2D eigenvalue weighted by Crippen LogP contribution is 2.46. The lowest BCUT2D eigenvalue weighted by Crippen LogP contribution is -2.42. The van der Waals surface area contributed by atoms with Crippen LogP contribution in [-0.4, -0.2) is 30.7 Å². The molecule has 1 aliphatic carbocycles. The fourth-order valence-corrected chi connectivity index (χ4v) is 4.23. The predicted octanol–water partition coefficient (Wildman–Crippen LogP) is 4.87. The Labute approximate surface area is 187 Å². The monoisotopic (exact) mass is 426 g/mol. The zero-order chi connectivity index (χ0) is 22.8. The molecule has 3 aromatic carbocycles. The van der Waals surface area contributed by atoms with Gasteiger partial charge < -0.3 is 15.5 Å². The van der Waals surface area contributed by atoms with E-state index in [0.29, 0.717) is 17.7 Å². The molecule has 5 nitrogen and oxygen atoms in total. The summed E-state index contributed by atoms with van der Waals surface area (Å²) >= 11 is 0. The minimum atomic E-state index is -0.544. The summed E-state index contributed by atoms with van der Waals surface area (Å²) in [5, 5.41) is 10.8. The Hall–Kier alpha value is -3.73. The van der Waals surface area contributed by atoms with Gasteiger partial charge in [-0.15, -0.1) is 0 Å². The van der Waals surface area contributed by atoms with Gasteiger partial charge >= 0.3 is 5.97 Å². The molecule has 0 fully saturated rings. The van der Waals surface area contributed by atoms with E-state index in [2.05, 4.69) is 17.4 Å². The van der Waals surface area contributed by atoms with Crippen LogP contribution >= 0.6 is 0 Å². The van der Waals surface area contributed by atoms with E-state index in [1.54, 1.807) is 6.92 Å². The van der Waals surface area contributed by atoms with Gasteiger partial charge in [-0.3, -0.25) is 9.59 Å². The summed E-state index contributed by atoms with van der Waals surface area (Å²) in [6.45, 7) is 3.55. The van der Waals surface area contributed by atoms with Crippen molar-refractivity contribution in [1.82, 2.24) is 5.32 Å². The lowest BCUT2D eigenvalue weighted by atomic mass is 9.80. The molecule has 0 radical (unpaired) electrons. The molecule has 4 rings (SSSR count). The third-order valence-electron chi connectivity index (χ3n) is 6.07. The SMILES string of the molecule is COC(=O)[C@H](Cc1cccc(C(C)=N)c1)C(C)NC(=O)c1ccc2c(c1)-c1ccccc1-2. The van der Waals surface area contributed by atoms with Crippen molar-refractivity contribution in [1.29, 1.82) is 5.41 Å². The van der Waals surface area contributed by atoms with Crippen LogP contribution in [0.4, 0.5) is 0 Å². The third-order valence-corrected chi connectivity index (χ3v) is 6.07. The number of nitrogens with one attached hydrogen (secondary N) is 2. The molecule has 0 bridgehead atoms. The Morgan fingerprint density at radius 1 is 0.906 bits per heavy atom. The third kappa shape index (κ3) is 4.06. The van der Waals surface area contributed by atoms with E-state index in [1.165, 1.54) is 12.7 Å². The van der Waals surface area contributed by atoms with Gasteiger partial charge in [-0.1, -0.05) is 48.5 Å². The van der Waals surface area contributed by atoms with Crippen molar-refractivity contribution < 1.29 is 14.3 Å². The Morgan fingerprint density at radius 2 is 1.59 bits per heavy atom. The number of hydrogen-bond donors (Lipinski definition) is 2. The Morgan fingerprint density at radius 3 is 2.28 bits per heavy atom. The van der Waals surface area contributed by atoms with Crippen LogP contribution in [0.5, 0.6) is 0 Å². The molecule has 5 heteroatoms. The van der Waals surface area contributed by atoms with Crippen LogP contribution < -0.4 is 5.32 Å². The van der Waals surface area contributed by atoms with Gasteiger partial charge in [0.2, 0.25) is 0 Å². The number of esters is 1. The normalized spacial score (nSPS) is 13.1. The van der Waals surface area contributed by atoms with Gasteiger partial charge in [-0.2, -0.15) is 0 Å². The topological polar surface area (TPSA) is 79.2 Å². The van der Waals surface area contributed by atoms with E-state index < -0.39 is 12.0 Å². The fraction of sp³-hybridized carbons (Fsp3) is 0.222. The second kappa shape index (κ2) is 8.79. The standard InChI is InChI=1S/C27H26N2O3/c1-16(28)19-8-6-7-18(13-19)14-24(27(31)32-3)17(2)29-26(30)20-11-12-23-21-9-4-5-10-22(21)25(23)15-20/h4-13,15,17,24,28H,14H2,1-3H3,(H,29,30)/t17?,24-/m1/s1. The zero-order valence-corrected chi connectivity index (χ0v) is 18.4. The number of ether oxygens (including phenoxy) is 1. The summed E-state index contributed by atoms with van der Waals surface area (Å²) in [5.41, 5.74) is 7.34. The average Bonchev–Trinajstić information content (AvgIpc) is 2.80. The number of hydrogen-bond acceptors (Lipinski definition) is 4. The van der Waals surface area contributed by atoms with Gasteiger partial charge in [0.15, 0.2) is 0 Å². The maximum Gasteiger partial charge on any atom is 0.311 e. The molecule has 2 N–H and O–H groups in total. The largest absolute Gasteiger partial charge is 0.469 e. The van der Waals surface area contributed by atoms with Gasteiger partial charge in [0.1, 0.15) is 0 Å². The Bertz CT molecular complexity index is 1220. The first-order valence-corrected chi connectivity index (χ1v) is 10.7. The second-order valence-electron chi connectivity index (χ2n) is 8.23. The first-order chi connectivity index (χ1) is 15.4. The quantitative estimate of drug-likeness (QED) is 0.327. The van der Waals surface area contributed by atoms with E-state index in [-0.39, 0.29) is 11.9 Å². The van der Waals surface area contributed by atoms with Crippen molar-refractivity contribution in [3.05, 3.63) is 83.4 Å². The number of carbonyl (C=O) groups excluding carboxylic acids is 2. The van der Waals surface area contributed by atoms with Gasteiger partial charge in [-0.25, -0.2) is 0 Å². The summed E-state index contributed by atoms with van der Waals surface area (Å²) in [4.78, 5) is 25.5. The van der Waals surface area contributed by atoms with Gasteiger partial charge in [-0.05, 0) is 71.8 Å². The van der Waals surface area contributed by atoms with E-state index in [9.17, 15) is 9.59 Å². The summed E-state index contributed by atoms with van der Waals surface area (Å²) in [6.07, 6.45) is 0.410. The molecule has 1 unspecified atom stereocenters. The van der Waals surface area contributed by atoms with E-state index in [1.807, 2.05) is 61.5 Å². The molecule has 32 heavy (non-hydrogen) atoms. The zero-order valence-electron chi connectivity index (χ0n) is 18.4. The average molecular weight is 427 g/mol. The van der Waals surface area contributed by atoms with Crippen LogP contribution in [0.1, 0.15) is 35.3 Å². The second-order valence-corrected chi connectivity index (χ2v) is 8.23. The molecule has 2 atom stereocenters. The lowest BCUT2D eigenvalue weighted by molar-refractivity contribution is -0.146. The fourth-order valence-electron chi connectivity index (χ4n) is 4.23. The molecule has 0 saturated carbocycles. The molecule has 3 aromatic rings. The number of rotatable bonds is 7. The van der Waals surface area contributed by atoms with Crippen LogP contribution in [0.2, 0.25) is 0 Å². The number of benzene rings is 3. The highest BCUT2D eigenvalue weighted by atomic mass is 16.5. The molecule has 0 aliphatic heterocycles. The molecule has 0 spiro atoms. The summed E-state index contributed by atoms with van der Waals surface area (Å²) in [6, 6.07) is 21.0. The number of amides is 1. The van der Waals surface area contributed by atoms with Crippen molar-refractivity contribution in [2.75, 3.05) is 7.11 Å². The van der Waals surface area contributed by atoms with Crippen LogP contribution in [0.3, 0.4) is 0 Å². The van der Waals surface area contributed by atoms with Gasteiger partial charge in [0.05, 0.1) is 13.0 Å². The summed E-state index contributed by atoms with van der Waals surface area (Å²) in [5.74, 6) is -1.14. The minimum absolute atomic E-state index is 0.220. The molecule has 0 aromatic heterocycles. The van der Waals surface area contributed by atoms with Crippen molar-refractivity contribution in [2.45, 2.75) is 26.3 Å². The van der Waals surface area contributed by atoms with Crippen LogP contribution in [-0.2, 0) is 16.0 Å². The van der Waals surface area contributed by atoms with Crippen molar-refractivity contribution in [3.8, 4) is 22.3 Å². The van der Waals surface area contributed by atoms with Gasteiger partial charge in [0, 0.05) is 17.3 Å². The maximum atomic E-state index is 13.0. The van der Waals surface area contributed by atoms with Crippen molar-refractivity contribution in [3.63, 3.8) is 0 Å². The number of methoxy groups -OCH3 is 1. The van der Waals surface area contributed by atoms with Crippen LogP contribution in [0.25, 0.3) is 22.3 Å². The summed E-state index contributed by atoms with van der Waals surface area (Å²) < 4.78 is 5.02. The first-order valence-electron chi connectivity index (χ1n) is 10.7. The van der Waals surface area contributed by atoms with Crippen LogP contribution in [0.15, 0.2) is 66.7 Å². The van der Waals surface area contributed by atoms with E-state index >= 15 is 0 Å². The molecular formula is C27H26N2O3. The smallest absolute Gasteiger partial charge is 0.311 e. The highest BCUT2D eigenvalue weighted by molar-refractivity contribution is 6.06. The minimum Gasteiger partial charge on any atom is -0.469 e. The van der Waals surface area contributed by atoms with Crippen LogP contribution in [0, 0.1) is 11.3 Å². The molecule has 1 amide bonds. The molecule has 0 saturated heterocycles. The Kier molecular flexibility index (Phi) is 5.91. The number of carbonyl (C=O) groups is 2. The molecule has 162 valence electrons. The number of fused-ring (bicyclic) bond motifs is 4. The lowest BCUT2D eigenvalue weighted by Gasteiger charge is -2.26. The van der Waals surface area contributed by atoms with E-state index in [0.717, 1.165) is 27.8 Å². The predicted molar refractivity (Wildman–Crippen MR) is 126 cm³/mol.